The molecule has 0 aliphatic carbocycles. The largest absolute Gasteiger partial charge is 0.368 e. The van der Waals surface area contributed by atoms with Crippen molar-refractivity contribution in [3.8, 4) is 11.4 Å². The van der Waals surface area contributed by atoms with Gasteiger partial charge in [-0.2, -0.15) is 0 Å². The average molecular weight is 376 g/mol. The summed E-state index contributed by atoms with van der Waals surface area (Å²) in [5.74, 6) is 0.644. The van der Waals surface area contributed by atoms with Gasteiger partial charge in [0.2, 0.25) is 0 Å². The van der Waals surface area contributed by atoms with Crippen molar-refractivity contribution in [1.29, 1.82) is 0 Å². The maximum Gasteiger partial charge on any atom is 0.258 e. The monoisotopic (exact) mass is 376 g/mol. The summed E-state index contributed by atoms with van der Waals surface area (Å²) in [4.78, 5) is 23.9. The third-order valence-corrected chi connectivity index (χ3v) is 4.95. The Morgan fingerprint density at radius 1 is 1.07 bits per heavy atom. The van der Waals surface area contributed by atoms with Crippen molar-refractivity contribution in [3.05, 3.63) is 52.7 Å². The van der Waals surface area contributed by atoms with Crippen LogP contribution in [0.3, 0.4) is 0 Å². The maximum absolute atomic E-state index is 12.8. The molecule has 0 bridgehead atoms. The molecular formula is C19H20N8O. The predicted molar refractivity (Wildman–Crippen MR) is 106 cm³/mol. The summed E-state index contributed by atoms with van der Waals surface area (Å²) >= 11 is 0. The summed E-state index contributed by atoms with van der Waals surface area (Å²) < 4.78 is 3.05. The van der Waals surface area contributed by atoms with E-state index < -0.39 is 0 Å². The van der Waals surface area contributed by atoms with Crippen molar-refractivity contribution in [2.45, 2.75) is 19.9 Å². The van der Waals surface area contributed by atoms with Gasteiger partial charge >= 0.3 is 0 Å². The van der Waals surface area contributed by atoms with Gasteiger partial charge in [0.15, 0.2) is 5.65 Å². The number of anilines is 1. The summed E-state index contributed by atoms with van der Waals surface area (Å²) in [5, 5.41) is 12.1. The van der Waals surface area contributed by atoms with Gasteiger partial charge in [-0.3, -0.25) is 9.20 Å². The Bertz CT molecular complexity index is 1240. The lowest BCUT2D eigenvalue weighted by Crippen LogP contribution is -2.49. The minimum Gasteiger partial charge on any atom is -0.368 e. The highest BCUT2D eigenvalue weighted by Crippen LogP contribution is 2.18. The van der Waals surface area contributed by atoms with Gasteiger partial charge in [0, 0.05) is 37.9 Å². The molecule has 142 valence electrons. The predicted octanol–water partition coefficient (Wildman–Crippen LogP) is 0.906. The van der Waals surface area contributed by atoms with E-state index in [2.05, 4.69) is 37.3 Å². The van der Waals surface area contributed by atoms with E-state index in [4.69, 9.17) is 0 Å². The summed E-state index contributed by atoms with van der Waals surface area (Å²) in [6, 6.07) is 9.45. The summed E-state index contributed by atoms with van der Waals surface area (Å²) in [6.45, 7) is 6.73. The maximum atomic E-state index is 12.8. The zero-order valence-corrected chi connectivity index (χ0v) is 15.7. The van der Waals surface area contributed by atoms with Crippen LogP contribution in [0.25, 0.3) is 22.7 Å². The third kappa shape index (κ3) is 2.89. The van der Waals surface area contributed by atoms with Gasteiger partial charge < -0.3 is 10.2 Å². The number of rotatable bonds is 2. The van der Waals surface area contributed by atoms with Gasteiger partial charge in [0.05, 0.1) is 11.4 Å². The minimum atomic E-state index is -0.137. The topological polar surface area (TPSA) is 92.7 Å². The molecule has 9 nitrogen and oxygen atoms in total. The van der Waals surface area contributed by atoms with Gasteiger partial charge in [-0.05, 0) is 38.1 Å². The van der Waals surface area contributed by atoms with Crippen LogP contribution in [0.15, 0.2) is 41.3 Å². The molecule has 4 aromatic heterocycles. The van der Waals surface area contributed by atoms with Crippen LogP contribution in [-0.4, -0.2) is 54.9 Å². The molecule has 0 amide bonds. The molecule has 1 atom stereocenters. The molecule has 1 saturated heterocycles. The minimum absolute atomic E-state index is 0.137. The van der Waals surface area contributed by atoms with E-state index >= 15 is 0 Å². The van der Waals surface area contributed by atoms with Crippen LogP contribution in [0.2, 0.25) is 0 Å². The van der Waals surface area contributed by atoms with E-state index in [0.717, 1.165) is 25.3 Å². The van der Waals surface area contributed by atoms with Crippen LogP contribution in [0.5, 0.6) is 0 Å². The molecule has 0 radical (unpaired) electrons. The van der Waals surface area contributed by atoms with Crippen LogP contribution in [0.4, 0.5) is 5.69 Å². The molecule has 4 aromatic rings. The van der Waals surface area contributed by atoms with Gasteiger partial charge in [-0.15, -0.1) is 14.8 Å². The molecule has 1 N–H and O–H groups in total. The quantitative estimate of drug-likeness (QED) is 0.556. The summed E-state index contributed by atoms with van der Waals surface area (Å²) in [5.41, 5.74) is 3.23. The molecule has 1 fully saturated rings. The van der Waals surface area contributed by atoms with Crippen molar-refractivity contribution in [2.75, 3.05) is 24.5 Å². The van der Waals surface area contributed by atoms with Crippen LogP contribution < -0.4 is 15.8 Å². The second-order valence-corrected chi connectivity index (χ2v) is 7.12. The van der Waals surface area contributed by atoms with Gasteiger partial charge in [-0.1, -0.05) is 0 Å². The summed E-state index contributed by atoms with van der Waals surface area (Å²) in [6.07, 6.45) is 1.86. The molecule has 0 saturated carbocycles. The Labute approximate surface area is 160 Å². The Hall–Kier alpha value is -3.33. The van der Waals surface area contributed by atoms with E-state index in [9.17, 15) is 4.79 Å². The second kappa shape index (κ2) is 6.38. The normalized spacial score (nSPS) is 17.5. The number of aromatic nitrogens is 6. The van der Waals surface area contributed by atoms with E-state index in [-0.39, 0.29) is 5.56 Å². The number of fused-ring (bicyclic) bond motifs is 2. The molecule has 5 heterocycles. The van der Waals surface area contributed by atoms with Crippen molar-refractivity contribution >= 4 is 17.0 Å². The number of nitrogens with one attached hydrogen (secondary N) is 1. The molecule has 28 heavy (non-hydrogen) atoms. The van der Waals surface area contributed by atoms with Gasteiger partial charge in [-0.25, -0.2) is 9.97 Å². The number of aryl methyl sites for hydroxylation is 1. The smallest absolute Gasteiger partial charge is 0.258 e. The molecule has 1 aliphatic rings. The van der Waals surface area contributed by atoms with Crippen LogP contribution >= 0.6 is 0 Å². The molecule has 1 aliphatic heterocycles. The molecule has 9 heteroatoms. The Balaban J connectivity index is 1.56. The number of pyridine rings is 1. The number of hydrogen-bond acceptors (Lipinski definition) is 7. The average Bonchev–Trinajstić information content (AvgIpc) is 3.07. The van der Waals surface area contributed by atoms with Crippen LogP contribution in [0, 0.1) is 6.92 Å². The van der Waals surface area contributed by atoms with Gasteiger partial charge in [0.25, 0.3) is 5.56 Å². The zero-order valence-electron chi connectivity index (χ0n) is 15.7. The molecule has 5 rings (SSSR count). The summed E-state index contributed by atoms with van der Waals surface area (Å²) in [7, 11) is 0. The molecule has 0 aromatic carbocycles. The lowest BCUT2D eigenvalue weighted by Gasteiger charge is -2.33. The Morgan fingerprint density at radius 3 is 2.79 bits per heavy atom. The fourth-order valence-corrected chi connectivity index (χ4v) is 3.60. The Morgan fingerprint density at radius 2 is 1.93 bits per heavy atom. The second-order valence-electron chi connectivity index (χ2n) is 7.12. The zero-order chi connectivity index (χ0) is 19.3. The highest BCUT2D eigenvalue weighted by molar-refractivity contribution is 5.60. The van der Waals surface area contributed by atoms with E-state index in [1.54, 1.807) is 10.5 Å². The highest BCUT2D eigenvalue weighted by atomic mass is 16.1. The number of piperazine rings is 1. The SMILES string of the molecule is Cc1nc2ccc(-c3cc(=O)n4cc(N5CCN[C@H](C)C5)ccc4n3)nn2n1. The third-order valence-electron chi connectivity index (χ3n) is 4.95. The number of nitrogens with zero attached hydrogens (tertiary/aromatic N) is 7. The first-order valence-corrected chi connectivity index (χ1v) is 9.30. The highest BCUT2D eigenvalue weighted by Gasteiger charge is 2.17. The first-order valence-electron chi connectivity index (χ1n) is 9.30. The lowest BCUT2D eigenvalue weighted by atomic mass is 10.2. The first-order chi connectivity index (χ1) is 13.6. The van der Waals surface area contributed by atoms with E-state index in [1.807, 2.05) is 31.3 Å². The number of hydrogen-bond donors (Lipinski definition) is 1. The van der Waals surface area contributed by atoms with Crippen LogP contribution in [0.1, 0.15) is 12.7 Å². The van der Waals surface area contributed by atoms with Crippen LogP contribution in [-0.2, 0) is 0 Å². The van der Waals surface area contributed by atoms with E-state index in [1.165, 1.54) is 10.7 Å². The lowest BCUT2D eigenvalue weighted by molar-refractivity contribution is 0.484. The van der Waals surface area contributed by atoms with Crippen molar-refractivity contribution in [3.63, 3.8) is 0 Å². The Kier molecular flexibility index (Phi) is 3.83. The molecule has 0 unspecified atom stereocenters. The standard InChI is InChI=1S/C19H20N8O/c1-12-10-25(8-7-20-12)14-3-5-17-22-16(9-19(28)26(17)11-14)15-4-6-18-21-13(2)23-27(18)24-15/h3-6,9,11-12,20H,7-8,10H2,1-2H3/t12-/m1/s1. The van der Waals surface area contributed by atoms with Gasteiger partial charge in [0.1, 0.15) is 17.2 Å². The van der Waals surface area contributed by atoms with Crippen molar-refractivity contribution < 1.29 is 0 Å². The fourth-order valence-electron chi connectivity index (χ4n) is 3.60. The molecular weight excluding hydrogens is 356 g/mol. The van der Waals surface area contributed by atoms with Crippen molar-refractivity contribution in [1.82, 2.24) is 34.5 Å². The fraction of sp³-hybridized carbons (Fsp3) is 0.316. The van der Waals surface area contributed by atoms with Crippen molar-refractivity contribution in [2.24, 2.45) is 0 Å². The molecule has 0 spiro atoms. The van der Waals surface area contributed by atoms with E-state index in [0.29, 0.717) is 34.5 Å². The first kappa shape index (κ1) is 16.8.